The molecule has 7 nitrogen and oxygen atoms in total. The van der Waals surface area contributed by atoms with E-state index >= 15 is 0 Å². The number of carbonyl (C=O) groups excluding carboxylic acids is 1. The Hall–Kier alpha value is -2.52. The van der Waals surface area contributed by atoms with Crippen LogP contribution in [0.5, 0.6) is 0 Å². The summed E-state index contributed by atoms with van der Waals surface area (Å²) >= 11 is 0. The Kier molecular flexibility index (Phi) is 6.52. The van der Waals surface area contributed by atoms with E-state index in [2.05, 4.69) is 10.3 Å². The molecular formula is C22H27FN4O3S. The minimum atomic E-state index is -3.40. The van der Waals surface area contributed by atoms with Crippen molar-refractivity contribution >= 4 is 16.1 Å². The lowest BCUT2D eigenvalue weighted by Gasteiger charge is -2.22. The molecule has 2 amide bonds. The van der Waals surface area contributed by atoms with E-state index in [4.69, 9.17) is 0 Å². The number of fused-ring (bicyclic) bond motifs is 1. The number of hydrogen-bond donors (Lipinski definition) is 1. The van der Waals surface area contributed by atoms with Crippen molar-refractivity contribution in [1.29, 1.82) is 0 Å². The Morgan fingerprint density at radius 2 is 1.90 bits per heavy atom. The molecule has 0 saturated carbocycles. The lowest BCUT2D eigenvalue weighted by molar-refractivity contribution is 0.198. The second-order valence-electron chi connectivity index (χ2n) is 8.17. The van der Waals surface area contributed by atoms with Crippen molar-refractivity contribution in [2.24, 2.45) is 5.92 Å². The van der Waals surface area contributed by atoms with Crippen LogP contribution < -0.4 is 5.32 Å². The maximum Gasteiger partial charge on any atom is 0.317 e. The summed E-state index contributed by atoms with van der Waals surface area (Å²) < 4.78 is 40.7. The van der Waals surface area contributed by atoms with E-state index in [9.17, 15) is 17.6 Å². The lowest BCUT2D eigenvalue weighted by Crippen LogP contribution is -2.42. The average Bonchev–Trinajstić information content (AvgIpc) is 2.90. The van der Waals surface area contributed by atoms with Crippen molar-refractivity contribution in [2.75, 3.05) is 26.2 Å². The molecule has 2 saturated heterocycles. The van der Waals surface area contributed by atoms with Gasteiger partial charge in [0.1, 0.15) is 5.82 Å². The molecule has 1 aromatic heterocycles. The first kappa shape index (κ1) is 21.7. The molecule has 2 aliphatic rings. The molecule has 1 N–H and O–H groups in total. The molecule has 31 heavy (non-hydrogen) atoms. The van der Waals surface area contributed by atoms with Crippen molar-refractivity contribution in [3.05, 3.63) is 65.7 Å². The molecule has 0 bridgehead atoms. The maximum atomic E-state index is 13.1. The number of hydrogen-bond acceptors (Lipinski definition) is 4. The standard InChI is InChI=1S/C22H27FN4O3S/c23-20-5-3-17(4-6-20)7-11-25-22(28)26-12-8-19-16-27(15-18-2-1-10-24-14-18)31(29,30)21(19)9-13-26/h1-6,10,14,19,21H,7-9,11-13,15-16H2,(H,25,28)/t19-,21-/m1/s1. The summed E-state index contributed by atoms with van der Waals surface area (Å²) in [6.07, 6.45) is 5.09. The summed E-state index contributed by atoms with van der Waals surface area (Å²) in [7, 11) is -3.40. The number of amides is 2. The van der Waals surface area contributed by atoms with Crippen LogP contribution in [0.4, 0.5) is 9.18 Å². The van der Waals surface area contributed by atoms with E-state index in [-0.39, 0.29) is 17.8 Å². The molecule has 9 heteroatoms. The Bertz CT molecular complexity index is 1000. The van der Waals surface area contributed by atoms with Gasteiger partial charge in [0, 0.05) is 45.1 Å². The van der Waals surface area contributed by atoms with Crippen LogP contribution in [0.2, 0.25) is 0 Å². The van der Waals surface area contributed by atoms with Gasteiger partial charge in [-0.1, -0.05) is 18.2 Å². The number of likely N-dealkylation sites (tertiary alicyclic amines) is 1. The Morgan fingerprint density at radius 1 is 1.13 bits per heavy atom. The minimum absolute atomic E-state index is 0.0266. The normalized spacial score (nSPS) is 23.2. The highest BCUT2D eigenvalue weighted by Crippen LogP contribution is 2.35. The van der Waals surface area contributed by atoms with Gasteiger partial charge in [-0.25, -0.2) is 17.6 Å². The van der Waals surface area contributed by atoms with Gasteiger partial charge < -0.3 is 10.2 Å². The summed E-state index contributed by atoms with van der Waals surface area (Å²) in [6.45, 7) is 2.24. The second kappa shape index (κ2) is 9.32. The van der Waals surface area contributed by atoms with Gasteiger partial charge in [0.25, 0.3) is 0 Å². The van der Waals surface area contributed by atoms with Crippen molar-refractivity contribution in [1.82, 2.24) is 19.5 Å². The fourth-order valence-electron chi connectivity index (χ4n) is 4.43. The van der Waals surface area contributed by atoms with Crippen LogP contribution in [0.25, 0.3) is 0 Å². The van der Waals surface area contributed by atoms with Crippen LogP contribution in [0.3, 0.4) is 0 Å². The first-order valence-corrected chi connectivity index (χ1v) is 12.1. The van der Waals surface area contributed by atoms with Gasteiger partial charge >= 0.3 is 6.03 Å². The predicted molar refractivity (Wildman–Crippen MR) is 115 cm³/mol. The quantitative estimate of drug-likeness (QED) is 0.765. The smallest absolute Gasteiger partial charge is 0.317 e. The highest BCUT2D eigenvalue weighted by molar-refractivity contribution is 7.90. The van der Waals surface area contributed by atoms with Crippen molar-refractivity contribution < 1.29 is 17.6 Å². The molecule has 1 aromatic carbocycles. The number of halogens is 1. The summed E-state index contributed by atoms with van der Waals surface area (Å²) in [5.74, 6) is -0.254. The predicted octanol–water partition coefficient (Wildman–Crippen LogP) is 2.40. The number of urea groups is 1. The molecule has 3 heterocycles. The number of carbonyl (C=O) groups is 1. The van der Waals surface area contributed by atoms with E-state index < -0.39 is 15.3 Å². The lowest BCUT2D eigenvalue weighted by atomic mass is 10.0. The zero-order valence-electron chi connectivity index (χ0n) is 17.3. The molecule has 166 valence electrons. The van der Waals surface area contributed by atoms with E-state index in [0.29, 0.717) is 52.0 Å². The monoisotopic (exact) mass is 446 g/mol. The van der Waals surface area contributed by atoms with Gasteiger partial charge in [-0.15, -0.1) is 0 Å². The first-order chi connectivity index (χ1) is 14.9. The summed E-state index contributed by atoms with van der Waals surface area (Å²) in [6, 6.07) is 9.74. The summed E-state index contributed by atoms with van der Waals surface area (Å²) in [5.41, 5.74) is 1.83. The number of rotatable bonds is 5. The summed E-state index contributed by atoms with van der Waals surface area (Å²) in [4.78, 5) is 18.3. The SMILES string of the molecule is O=C(NCCc1ccc(F)cc1)N1CC[C@@H]2CN(Cc3cccnc3)S(=O)(=O)[C@@H]2CC1. The van der Waals surface area contributed by atoms with Crippen molar-refractivity contribution in [2.45, 2.75) is 31.1 Å². The largest absolute Gasteiger partial charge is 0.338 e. The third kappa shape index (κ3) is 5.04. The van der Waals surface area contributed by atoms with Gasteiger partial charge in [0.05, 0.1) is 5.25 Å². The molecule has 0 spiro atoms. The molecule has 2 atom stereocenters. The first-order valence-electron chi connectivity index (χ1n) is 10.6. The number of sulfonamides is 1. The summed E-state index contributed by atoms with van der Waals surface area (Å²) in [5, 5.41) is 2.45. The van der Waals surface area contributed by atoms with Crippen LogP contribution >= 0.6 is 0 Å². The Balaban J connectivity index is 1.30. The number of nitrogens with zero attached hydrogens (tertiary/aromatic N) is 3. The molecule has 0 unspecified atom stereocenters. The fourth-order valence-corrected chi connectivity index (χ4v) is 6.65. The highest BCUT2D eigenvalue weighted by Gasteiger charge is 2.47. The Morgan fingerprint density at radius 3 is 2.65 bits per heavy atom. The molecular weight excluding hydrogens is 419 g/mol. The zero-order valence-corrected chi connectivity index (χ0v) is 18.1. The van der Waals surface area contributed by atoms with Crippen LogP contribution in [-0.4, -0.2) is 60.1 Å². The van der Waals surface area contributed by atoms with E-state index in [0.717, 1.165) is 11.1 Å². The fraction of sp³-hybridized carbons (Fsp3) is 0.455. The zero-order chi connectivity index (χ0) is 21.8. The Labute approximate surface area is 182 Å². The van der Waals surface area contributed by atoms with Crippen LogP contribution in [0.1, 0.15) is 24.0 Å². The van der Waals surface area contributed by atoms with Crippen molar-refractivity contribution in [3.8, 4) is 0 Å². The third-order valence-electron chi connectivity index (χ3n) is 6.13. The topological polar surface area (TPSA) is 82.6 Å². The van der Waals surface area contributed by atoms with Gasteiger partial charge in [0.15, 0.2) is 0 Å². The molecule has 2 fully saturated rings. The average molecular weight is 447 g/mol. The number of aromatic nitrogens is 1. The highest BCUT2D eigenvalue weighted by atomic mass is 32.2. The molecule has 0 radical (unpaired) electrons. The number of pyridine rings is 1. The number of nitrogens with one attached hydrogen (secondary N) is 1. The molecule has 4 rings (SSSR count). The second-order valence-corrected chi connectivity index (χ2v) is 10.3. The van der Waals surface area contributed by atoms with Gasteiger partial charge in [-0.2, -0.15) is 4.31 Å². The van der Waals surface area contributed by atoms with Gasteiger partial charge in [-0.3, -0.25) is 4.98 Å². The van der Waals surface area contributed by atoms with Crippen LogP contribution in [0, 0.1) is 11.7 Å². The van der Waals surface area contributed by atoms with Gasteiger partial charge in [0.2, 0.25) is 10.0 Å². The van der Waals surface area contributed by atoms with E-state index in [1.54, 1.807) is 33.7 Å². The maximum absolute atomic E-state index is 13.1. The minimum Gasteiger partial charge on any atom is -0.338 e. The number of benzene rings is 1. The molecule has 0 aliphatic carbocycles. The van der Waals surface area contributed by atoms with E-state index in [1.165, 1.54) is 12.1 Å². The van der Waals surface area contributed by atoms with Crippen LogP contribution in [-0.2, 0) is 23.0 Å². The van der Waals surface area contributed by atoms with Crippen LogP contribution in [0.15, 0.2) is 48.8 Å². The third-order valence-corrected chi connectivity index (χ3v) is 8.52. The van der Waals surface area contributed by atoms with E-state index in [1.807, 2.05) is 12.1 Å². The molecule has 2 aliphatic heterocycles. The van der Waals surface area contributed by atoms with Gasteiger partial charge in [-0.05, 0) is 54.5 Å². The van der Waals surface area contributed by atoms with Crippen molar-refractivity contribution in [3.63, 3.8) is 0 Å². The molecule has 2 aromatic rings.